The Morgan fingerprint density at radius 1 is 1.39 bits per heavy atom. The van der Waals surface area contributed by atoms with E-state index in [0.717, 1.165) is 28.0 Å². The Morgan fingerprint density at radius 3 is 2.44 bits per heavy atom. The van der Waals surface area contributed by atoms with Gasteiger partial charge in [0.25, 0.3) is 0 Å². The number of carboxylic acids is 1. The van der Waals surface area contributed by atoms with Crippen LogP contribution in [0.3, 0.4) is 0 Å². The highest BCUT2D eigenvalue weighted by atomic mass is 16.5. The van der Waals surface area contributed by atoms with Crippen LogP contribution >= 0.6 is 0 Å². The highest BCUT2D eigenvalue weighted by Crippen LogP contribution is 2.33. The molecule has 0 aromatic heterocycles. The molecule has 1 unspecified atom stereocenters. The molecule has 0 saturated carbocycles. The van der Waals surface area contributed by atoms with Crippen molar-refractivity contribution >= 4 is 5.97 Å². The molecule has 0 saturated heterocycles. The summed E-state index contributed by atoms with van der Waals surface area (Å²) in [6.07, 6.45) is 0.447. The van der Waals surface area contributed by atoms with Crippen molar-refractivity contribution in [2.45, 2.75) is 33.1 Å². The van der Waals surface area contributed by atoms with E-state index >= 15 is 0 Å². The number of methoxy groups -OCH3 is 1. The predicted octanol–water partition coefficient (Wildman–Crippen LogP) is 2.14. The van der Waals surface area contributed by atoms with E-state index < -0.39 is 11.9 Å². The second-order valence-electron chi connectivity index (χ2n) is 4.53. The number of benzene rings is 1. The Balaban J connectivity index is 3.39. The van der Waals surface area contributed by atoms with Crippen LogP contribution in [0.5, 0.6) is 5.75 Å². The normalized spacial score (nSPS) is 12.3. The van der Waals surface area contributed by atoms with Gasteiger partial charge in [-0.1, -0.05) is 0 Å². The minimum Gasteiger partial charge on any atom is -0.496 e. The summed E-state index contributed by atoms with van der Waals surface area (Å²) in [4.78, 5) is 11.4. The molecule has 0 fully saturated rings. The summed E-state index contributed by atoms with van der Waals surface area (Å²) in [5, 5.41) is 9.34. The van der Waals surface area contributed by atoms with Crippen LogP contribution in [0.15, 0.2) is 6.07 Å². The average Bonchev–Trinajstić information content (AvgIpc) is 2.32. The molecule has 0 amide bonds. The number of hydrogen-bond acceptors (Lipinski definition) is 3. The van der Waals surface area contributed by atoms with E-state index in [2.05, 4.69) is 0 Å². The summed E-state index contributed by atoms with van der Waals surface area (Å²) in [5.74, 6) is -0.568. The number of ether oxygens (including phenoxy) is 1. The van der Waals surface area contributed by atoms with Crippen molar-refractivity contribution in [1.82, 2.24) is 0 Å². The van der Waals surface area contributed by atoms with Crippen LogP contribution in [0.25, 0.3) is 0 Å². The van der Waals surface area contributed by atoms with Crippen LogP contribution in [0.4, 0.5) is 0 Å². The van der Waals surface area contributed by atoms with Crippen LogP contribution in [-0.2, 0) is 4.79 Å². The van der Waals surface area contributed by atoms with Crippen molar-refractivity contribution in [3.05, 3.63) is 28.3 Å². The van der Waals surface area contributed by atoms with Gasteiger partial charge in [0.2, 0.25) is 0 Å². The number of carboxylic acid groups (broad SMARTS) is 1. The van der Waals surface area contributed by atoms with Gasteiger partial charge in [-0.25, -0.2) is 0 Å². The molecule has 0 aliphatic carbocycles. The monoisotopic (exact) mass is 251 g/mol. The largest absolute Gasteiger partial charge is 0.496 e. The first kappa shape index (κ1) is 14.5. The van der Waals surface area contributed by atoms with E-state index in [1.165, 1.54) is 0 Å². The number of nitrogens with two attached hydrogens (primary N) is 1. The van der Waals surface area contributed by atoms with Gasteiger partial charge in [-0.15, -0.1) is 0 Å². The molecule has 4 nitrogen and oxygen atoms in total. The van der Waals surface area contributed by atoms with E-state index in [0.29, 0.717) is 13.0 Å². The van der Waals surface area contributed by atoms with Gasteiger partial charge in [0.1, 0.15) is 5.75 Å². The Kier molecular flexibility index (Phi) is 4.73. The second kappa shape index (κ2) is 5.87. The minimum atomic E-state index is -0.823. The number of aryl methyl sites for hydroxylation is 1. The molecular formula is C14H21NO3. The fraction of sp³-hybridized carbons (Fsp3) is 0.500. The van der Waals surface area contributed by atoms with Crippen molar-refractivity contribution < 1.29 is 14.6 Å². The molecule has 1 atom stereocenters. The van der Waals surface area contributed by atoms with Crippen molar-refractivity contribution in [2.75, 3.05) is 13.7 Å². The SMILES string of the molecule is COc1cc(C)c(C(CCN)C(=O)O)c(C)c1C. The molecule has 0 aliphatic rings. The van der Waals surface area contributed by atoms with Crippen molar-refractivity contribution in [3.63, 3.8) is 0 Å². The topological polar surface area (TPSA) is 72.5 Å². The summed E-state index contributed by atoms with van der Waals surface area (Å²) in [5.41, 5.74) is 9.28. The first-order chi connectivity index (χ1) is 8.43. The summed E-state index contributed by atoms with van der Waals surface area (Å²) in [7, 11) is 1.62. The summed E-state index contributed by atoms with van der Waals surface area (Å²) < 4.78 is 5.29. The maximum absolute atomic E-state index is 11.4. The molecule has 1 aromatic rings. The lowest BCUT2D eigenvalue weighted by Crippen LogP contribution is -2.18. The zero-order chi connectivity index (χ0) is 13.9. The molecule has 18 heavy (non-hydrogen) atoms. The van der Waals surface area contributed by atoms with E-state index in [1.54, 1.807) is 7.11 Å². The second-order valence-corrected chi connectivity index (χ2v) is 4.53. The summed E-state index contributed by atoms with van der Waals surface area (Å²) in [6.45, 7) is 6.16. The Morgan fingerprint density at radius 2 is 2.00 bits per heavy atom. The van der Waals surface area contributed by atoms with E-state index in [1.807, 2.05) is 26.8 Å². The standard InChI is InChI=1S/C14H21NO3/c1-8-7-12(18-4)9(2)10(3)13(8)11(5-6-15)14(16)17/h7,11H,5-6,15H2,1-4H3,(H,16,17). The summed E-state index contributed by atoms with van der Waals surface area (Å²) >= 11 is 0. The maximum atomic E-state index is 11.4. The van der Waals surface area contributed by atoms with E-state index in [9.17, 15) is 9.90 Å². The molecular weight excluding hydrogens is 230 g/mol. The van der Waals surface area contributed by atoms with Crippen LogP contribution in [-0.4, -0.2) is 24.7 Å². The van der Waals surface area contributed by atoms with Crippen LogP contribution in [0.2, 0.25) is 0 Å². The van der Waals surface area contributed by atoms with Gasteiger partial charge in [-0.05, 0) is 62.1 Å². The van der Waals surface area contributed by atoms with Gasteiger partial charge < -0.3 is 15.6 Å². The highest BCUT2D eigenvalue weighted by Gasteiger charge is 2.24. The lowest BCUT2D eigenvalue weighted by molar-refractivity contribution is -0.138. The first-order valence-electron chi connectivity index (χ1n) is 6.01. The van der Waals surface area contributed by atoms with Gasteiger partial charge in [0.05, 0.1) is 13.0 Å². The van der Waals surface area contributed by atoms with Crippen molar-refractivity contribution in [3.8, 4) is 5.75 Å². The third-order valence-electron chi connectivity index (χ3n) is 3.43. The number of hydrogen-bond donors (Lipinski definition) is 2. The lowest BCUT2D eigenvalue weighted by Gasteiger charge is -2.20. The fourth-order valence-corrected chi connectivity index (χ4v) is 2.37. The molecule has 4 heteroatoms. The quantitative estimate of drug-likeness (QED) is 0.841. The van der Waals surface area contributed by atoms with Gasteiger partial charge in [0.15, 0.2) is 0 Å². The number of rotatable bonds is 5. The summed E-state index contributed by atoms with van der Waals surface area (Å²) in [6, 6.07) is 1.89. The molecule has 0 aliphatic heterocycles. The highest BCUT2D eigenvalue weighted by molar-refractivity contribution is 5.78. The Bertz CT molecular complexity index is 455. The van der Waals surface area contributed by atoms with Crippen molar-refractivity contribution in [1.29, 1.82) is 0 Å². The molecule has 100 valence electrons. The zero-order valence-corrected chi connectivity index (χ0v) is 11.4. The van der Waals surface area contributed by atoms with Gasteiger partial charge in [-0.2, -0.15) is 0 Å². The minimum absolute atomic E-state index is 0.362. The van der Waals surface area contributed by atoms with Gasteiger partial charge in [-0.3, -0.25) is 4.79 Å². The smallest absolute Gasteiger partial charge is 0.311 e. The molecule has 0 radical (unpaired) electrons. The predicted molar refractivity (Wildman–Crippen MR) is 71.3 cm³/mol. The Labute approximate surface area is 108 Å². The molecule has 0 spiro atoms. The Hall–Kier alpha value is -1.55. The molecule has 0 heterocycles. The van der Waals surface area contributed by atoms with E-state index in [4.69, 9.17) is 10.5 Å². The van der Waals surface area contributed by atoms with E-state index in [-0.39, 0.29) is 0 Å². The van der Waals surface area contributed by atoms with Gasteiger partial charge in [0, 0.05) is 0 Å². The third-order valence-corrected chi connectivity index (χ3v) is 3.43. The van der Waals surface area contributed by atoms with Crippen LogP contribution in [0.1, 0.15) is 34.6 Å². The average molecular weight is 251 g/mol. The van der Waals surface area contributed by atoms with Gasteiger partial charge >= 0.3 is 5.97 Å². The first-order valence-corrected chi connectivity index (χ1v) is 6.01. The third kappa shape index (κ3) is 2.64. The molecule has 3 N–H and O–H groups in total. The zero-order valence-electron chi connectivity index (χ0n) is 11.4. The maximum Gasteiger partial charge on any atom is 0.311 e. The molecule has 1 rings (SSSR count). The van der Waals surface area contributed by atoms with Crippen molar-refractivity contribution in [2.24, 2.45) is 5.73 Å². The lowest BCUT2D eigenvalue weighted by atomic mass is 9.86. The number of carbonyl (C=O) groups is 1. The molecule has 0 bridgehead atoms. The van der Waals surface area contributed by atoms with Crippen LogP contribution in [0, 0.1) is 20.8 Å². The van der Waals surface area contributed by atoms with Crippen LogP contribution < -0.4 is 10.5 Å². The number of aliphatic carboxylic acids is 1. The fourth-order valence-electron chi connectivity index (χ4n) is 2.37. The molecule has 1 aromatic carbocycles.